The predicted octanol–water partition coefficient (Wildman–Crippen LogP) is 2.63. The summed E-state index contributed by atoms with van der Waals surface area (Å²) < 4.78 is 2.72. The number of hydrogen-bond acceptors (Lipinski definition) is 4. The second kappa shape index (κ2) is 4.15. The average molecular weight is 351 g/mol. The van der Waals surface area contributed by atoms with E-state index in [1.54, 1.807) is 7.05 Å². The molecule has 0 saturated heterocycles. The lowest BCUT2D eigenvalue weighted by molar-refractivity contribution is 0.103. The molecule has 78 valence electrons. The summed E-state index contributed by atoms with van der Waals surface area (Å²) in [6.07, 6.45) is 0. The Bertz CT molecular complexity index is 500. The summed E-state index contributed by atoms with van der Waals surface area (Å²) in [4.78, 5) is 12.7. The minimum Gasteiger partial charge on any atom is -0.286 e. The van der Waals surface area contributed by atoms with Crippen LogP contribution < -0.4 is 0 Å². The fourth-order valence-corrected chi connectivity index (χ4v) is 3.14. The molecule has 0 saturated carbocycles. The van der Waals surface area contributed by atoms with Crippen LogP contribution in [0, 0.1) is 0 Å². The maximum Gasteiger partial charge on any atom is 0.224 e. The maximum atomic E-state index is 12.1. The Morgan fingerprint density at radius 1 is 1.53 bits per heavy atom. The Kier molecular flexibility index (Phi) is 3.03. The second-order valence-corrected chi connectivity index (χ2v) is 5.30. The predicted molar refractivity (Wildman–Crippen MR) is 64.2 cm³/mol. The molecule has 2 heterocycles. The summed E-state index contributed by atoms with van der Waals surface area (Å²) in [5.41, 5.74) is 0.457. The molecule has 0 bridgehead atoms. The zero-order valence-electron chi connectivity index (χ0n) is 7.57. The fourth-order valence-electron chi connectivity index (χ4n) is 1.14. The van der Waals surface area contributed by atoms with Crippen LogP contribution in [0.4, 0.5) is 0 Å². The van der Waals surface area contributed by atoms with E-state index >= 15 is 0 Å². The van der Waals surface area contributed by atoms with Gasteiger partial charge in [0.1, 0.15) is 5.69 Å². The molecule has 2 rings (SSSR count). The average Bonchev–Trinajstić information content (AvgIpc) is 2.73. The molecule has 0 N–H and O–H groups in total. The van der Waals surface area contributed by atoms with Crippen LogP contribution >= 0.6 is 43.2 Å². The molecular formula is C8H5Br2N3OS. The smallest absolute Gasteiger partial charge is 0.224 e. The van der Waals surface area contributed by atoms with Crippen molar-refractivity contribution in [3.05, 3.63) is 31.1 Å². The van der Waals surface area contributed by atoms with Crippen LogP contribution in [-0.2, 0) is 7.05 Å². The number of rotatable bonds is 2. The molecule has 0 atom stereocenters. The van der Waals surface area contributed by atoms with Gasteiger partial charge in [0, 0.05) is 11.5 Å². The minimum absolute atomic E-state index is 0.0868. The first-order chi connectivity index (χ1) is 7.11. The molecule has 0 aromatic carbocycles. The molecule has 0 radical (unpaired) electrons. The Balaban J connectivity index is 2.50. The van der Waals surface area contributed by atoms with E-state index in [0.29, 0.717) is 15.2 Å². The van der Waals surface area contributed by atoms with Crippen molar-refractivity contribution in [2.45, 2.75) is 0 Å². The molecule has 7 heteroatoms. The first-order valence-corrected chi connectivity index (χ1v) is 6.40. The van der Waals surface area contributed by atoms with Crippen molar-refractivity contribution in [3.8, 4) is 0 Å². The molecule has 0 aliphatic rings. The van der Waals surface area contributed by atoms with E-state index in [2.05, 4.69) is 42.2 Å². The number of ketones is 1. The first-order valence-electron chi connectivity index (χ1n) is 3.94. The lowest BCUT2D eigenvalue weighted by atomic mass is 10.2. The number of aryl methyl sites for hydroxylation is 1. The van der Waals surface area contributed by atoms with E-state index in [1.807, 2.05) is 11.4 Å². The van der Waals surface area contributed by atoms with Crippen LogP contribution in [0.1, 0.15) is 15.4 Å². The highest BCUT2D eigenvalue weighted by molar-refractivity contribution is 9.10. The summed E-state index contributed by atoms with van der Waals surface area (Å²) in [6, 6.07) is 1.84. The fraction of sp³-hybridized carbons (Fsp3) is 0.125. The van der Waals surface area contributed by atoms with E-state index in [0.717, 1.165) is 4.47 Å². The van der Waals surface area contributed by atoms with Gasteiger partial charge in [0.05, 0.1) is 4.88 Å². The number of thiophene rings is 1. The number of hydrogen-bond donors (Lipinski definition) is 0. The normalized spacial score (nSPS) is 10.6. The van der Waals surface area contributed by atoms with Crippen LogP contribution in [0.25, 0.3) is 0 Å². The molecular weight excluding hydrogens is 346 g/mol. The molecule has 4 nitrogen and oxygen atoms in total. The van der Waals surface area contributed by atoms with Gasteiger partial charge in [0.2, 0.25) is 5.78 Å². The van der Waals surface area contributed by atoms with Crippen molar-refractivity contribution in [2.75, 3.05) is 0 Å². The molecule has 2 aromatic rings. The summed E-state index contributed by atoms with van der Waals surface area (Å²) in [5, 5.41) is 9.40. The summed E-state index contributed by atoms with van der Waals surface area (Å²) >= 11 is 7.91. The highest BCUT2D eigenvalue weighted by Gasteiger charge is 2.21. The van der Waals surface area contributed by atoms with Crippen LogP contribution in [-0.4, -0.2) is 20.8 Å². The van der Waals surface area contributed by atoms with E-state index < -0.39 is 0 Å². The number of nitrogens with zero attached hydrogens (tertiary/aromatic N) is 3. The molecule has 0 fully saturated rings. The molecule has 0 unspecified atom stereocenters. The third-order valence-electron chi connectivity index (χ3n) is 1.82. The van der Waals surface area contributed by atoms with Crippen molar-refractivity contribution in [3.63, 3.8) is 0 Å². The van der Waals surface area contributed by atoms with Crippen molar-refractivity contribution in [1.29, 1.82) is 0 Å². The number of carbonyl (C=O) groups is 1. The standard InChI is InChI=1S/C8H5Br2N3OS/c1-13-5(8(10)11-12-13)6(14)7-4(9)2-3-15-7/h2-3H,1H3. The largest absolute Gasteiger partial charge is 0.286 e. The monoisotopic (exact) mass is 349 g/mol. The van der Waals surface area contributed by atoms with Crippen molar-refractivity contribution >= 4 is 49.0 Å². The van der Waals surface area contributed by atoms with E-state index in [9.17, 15) is 4.79 Å². The number of aromatic nitrogens is 3. The molecule has 0 amide bonds. The van der Waals surface area contributed by atoms with E-state index in [4.69, 9.17) is 0 Å². The molecule has 2 aromatic heterocycles. The minimum atomic E-state index is -0.0868. The summed E-state index contributed by atoms with van der Waals surface area (Å²) in [5.74, 6) is -0.0868. The zero-order chi connectivity index (χ0) is 11.0. The van der Waals surface area contributed by atoms with Crippen LogP contribution in [0.3, 0.4) is 0 Å². The van der Waals surface area contributed by atoms with Gasteiger partial charge >= 0.3 is 0 Å². The lowest BCUT2D eigenvalue weighted by Gasteiger charge is -1.98. The topological polar surface area (TPSA) is 47.8 Å². The quantitative estimate of drug-likeness (QED) is 0.782. The second-order valence-electron chi connectivity index (χ2n) is 2.78. The van der Waals surface area contributed by atoms with Crippen LogP contribution in [0.2, 0.25) is 0 Å². The SMILES string of the molecule is Cn1nnc(Br)c1C(=O)c1sccc1Br. The summed E-state index contributed by atoms with van der Waals surface area (Å²) in [6.45, 7) is 0. The van der Waals surface area contributed by atoms with Gasteiger partial charge in [-0.1, -0.05) is 5.21 Å². The third-order valence-corrected chi connectivity index (χ3v) is 4.19. The number of halogens is 2. The molecule has 0 aliphatic heterocycles. The first kappa shape index (κ1) is 11.0. The Hall–Kier alpha value is -0.530. The van der Waals surface area contributed by atoms with Crippen LogP contribution in [0.15, 0.2) is 20.5 Å². The van der Waals surface area contributed by atoms with E-state index in [-0.39, 0.29) is 5.78 Å². The Morgan fingerprint density at radius 2 is 2.27 bits per heavy atom. The Labute approximate surface area is 107 Å². The summed E-state index contributed by atoms with van der Waals surface area (Å²) in [7, 11) is 1.69. The number of carbonyl (C=O) groups excluding carboxylic acids is 1. The maximum absolute atomic E-state index is 12.1. The molecule has 0 spiro atoms. The van der Waals surface area contributed by atoms with Gasteiger partial charge < -0.3 is 0 Å². The van der Waals surface area contributed by atoms with Crippen molar-refractivity contribution < 1.29 is 4.79 Å². The highest BCUT2D eigenvalue weighted by atomic mass is 79.9. The lowest BCUT2D eigenvalue weighted by Crippen LogP contribution is -2.07. The van der Waals surface area contributed by atoms with Gasteiger partial charge in [-0.2, -0.15) is 0 Å². The van der Waals surface area contributed by atoms with E-state index in [1.165, 1.54) is 16.0 Å². The van der Waals surface area contributed by atoms with Crippen molar-refractivity contribution in [2.24, 2.45) is 7.05 Å². The third kappa shape index (κ3) is 1.91. The van der Waals surface area contributed by atoms with Gasteiger partial charge in [-0.05, 0) is 43.3 Å². The zero-order valence-corrected chi connectivity index (χ0v) is 11.6. The van der Waals surface area contributed by atoms with Gasteiger partial charge in [-0.15, -0.1) is 16.4 Å². The Morgan fingerprint density at radius 3 is 2.73 bits per heavy atom. The molecule has 15 heavy (non-hydrogen) atoms. The molecule has 0 aliphatic carbocycles. The van der Waals surface area contributed by atoms with Gasteiger partial charge in [-0.25, -0.2) is 4.68 Å². The van der Waals surface area contributed by atoms with Gasteiger partial charge in [-0.3, -0.25) is 4.79 Å². The van der Waals surface area contributed by atoms with Gasteiger partial charge in [0.15, 0.2) is 4.60 Å². The van der Waals surface area contributed by atoms with Crippen LogP contribution in [0.5, 0.6) is 0 Å². The highest BCUT2D eigenvalue weighted by Crippen LogP contribution is 2.27. The van der Waals surface area contributed by atoms with Crippen molar-refractivity contribution in [1.82, 2.24) is 15.0 Å². The van der Waals surface area contributed by atoms with Gasteiger partial charge in [0.25, 0.3) is 0 Å².